The zero-order valence-electron chi connectivity index (χ0n) is 16.6. The fourth-order valence-electron chi connectivity index (χ4n) is 4.83. The molecule has 1 aromatic carbocycles. The first-order chi connectivity index (χ1) is 13.8. The quantitative estimate of drug-likeness (QED) is 0.790. The van der Waals surface area contributed by atoms with Crippen molar-refractivity contribution < 1.29 is 24.3 Å². The molecule has 2 heterocycles. The van der Waals surface area contributed by atoms with Gasteiger partial charge in [0, 0.05) is 24.7 Å². The number of carboxylic acid groups (broad SMARTS) is 1. The molecule has 4 rings (SSSR count). The lowest BCUT2D eigenvalue weighted by Gasteiger charge is -2.37. The first-order valence-electron chi connectivity index (χ1n) is 10.4. The Balaban J connectivity index is 1.57. The van der Waals surface area contributed by atoms with E-state index in [0.29, 0.717) is 30.5 Å². The number of amides is 3. The van der Waals surface area contributed by atoms with Crippen LogP contribution in [0, 0.1) is 5.41 Å². The Bertz CT molecular complexity index is 889. The molecule has 1 N–H and O–H groups in total. The molecule has 1 atom stereocenters. The van der Waals surface area contributed by atoms with Gasteiger partial charge in [-0.25, -0.2) is 0 Å². The third-order valence-electron chi connectivity index (χ3n) is 6.60. The molecule has 2 fully saturated rings. The third-order valence-corrected chi connectivity index (χ3v) is 6.60. The van der Waals surface area contributed by atoms with Gasteiger partial charge in [0.1, 0.15) is 0 Å². The first kappa shape index (κ1) is 19.6. The van der Waals surface area contributed by atoms with Gasteiger partial charge in [-0.3, -0.25) is 24.1 Å². The van der Waals surface area contributed by atoms with Crippen molar-refractivity contribution in [2.24, 2.45) is 5.41 Å². The molecule has 7 heteroatoms. The van der Waals surface area contributed by atoms with E-state index in [4.69, 9.17) is 0 Å². The Morgan fingerprint density at radius 3 is 2.41 bits per heavy atom. The minimum atomic E-state index is -0.964. The zero-order chi connectivity index (χ0) is 20.8. The number of fused-ring (bicyclic) bond motifs is 1. The van der Waals surface area contributed by atoms with Crippen molar-refractivity contribution in [2.75, 3.05) is 13.1 Å². The van der Waals surface area contributed by atoms with Crippen LogP contribution in [0.1, 0.15) is 82.9 Å². The predicted molar refractivity (Wildman–Crippen MR) is 105 cm³/mol. The number of carboxylic acids is 1. The van der Waals surface area contributed by atoms with Crippen LogP contribution >= 0.6 is 0 Å². The van der Waals surface area contributed by atoms with Crippen LogP contribution in [-0.2, 0) is 4.79 Å². The molecule has 3 amide bonds. The van der Waals surface area contributed by atoms with E-state index in [2.05, 4.69) is 0 Å². The van der Waals surface area contributed by atoms with Crippen LogP contribution in [0.3, 0.4) is 0 Å². The maximum absolute atomic E-state index is 13.0. The Labute approximate surface area is 169 Å². The van der Waals surface area contributed by atoms with Crippen LogP contribution in [0.25, 0.3) is 0 Å². The lowest BCUT2D eigenvalue weighted by molar-refractivity contribution is -0.150. The molecule has 1 aromatic rings. The summed E-state index contributed by atoms with van der Waals surface area (Å²) in [5.41, 5.74) is -0.00519. The van der Waals surface area contributed by atoms with Gasteiger partial charge in [-0.05, 0) is 50.8 Å². The second-order valence-electron chi connectivity index (χ2n) is 8.73. The monoisotopic (exact) mass is 398 g/mol. The SMILES string of the molecule is CC1(C(=O)O)CCCN(C(=O)c2ccc3c(c2)C(=O)N(C2CCCCC2)C3=O)C1. The summed E-state index contributed by atoms with van der Waals surface area (Å²) in [5, 5.41) is 9.49. The Morgan fingerprint density at radius 1 is 1.03 bits per heavy atom. The molecule has 0 aromatic heterocycles. The molecule has 0 radical (unpaired) electrons. The van der Waals surface area contributed by atoms with Crippen LogP contribution in [0.5, 0.6) is 0 Å². The van der Waals surface area contributed by atoms with E-state index in [0.717, 1.165) is 32.1 Å². The number of imide groups is 1. The zero-order valence-corrected chi connectivity index (χ0v) is 16.6. The molecule has 7 nitrogen and oxygen atoms in total. The average molecular weight is 398 g/mol. The lowest BCUT2D eigenvalue weighted by atomic mass is 9.82. The van der Waals surface area contributed by atoms with Gasteiger partial charge in [-0.1, -0.05) is 19.3 Å². The van der Waals surface area contributed by atoms with Gasteiger partial charge in [0.2, 0.25) is 0 Å². The molecule has 1 aliphatic carbocycles. The van der Waals surface area contributed by atoms with Crippen molar-refractivity contribution in [3.8, 4) is 0 Å². The number of aliphatic carboxylic acids is 1. The normalized spacial score (nSPS) is 25.3. The third kappa shape index (κ3) is 3.32. The second kappa shape index (κ2) is 7.28. The maximum atomic E-state index is 13.0. The molecule has 1 saturated heterocycles. The Morgan fingerprint density at radius 2 is 1.72 bits per heavy atom. The van der Waals surface area contributed by atoms with Gasteiger partial charge in [-0.15, -0.1) is 0 Å². The molecular formula is C22H26N2O5. The summed E-state index contributed by atoms with van der Waals surface area (Å²) in [7, 11) is 0. The highest BCUT2D eigenvalue weighted by Crippen LogP contribution is 2.33. The Kier molecular flexibility index (Phi) is 4.92. The largest absolute Gasteiger partial charge is 0.481 e. The van der Waals surface area contributed by atoms with Crippen molar-refractivity contribution in [1.82, 2.24) is 9.80 Å². The predicted octanol–water partition coefficient (Wildman–Crippen LogP) is 2.94. The maximum Gasteiger partial charge on any atom is 0.311 e. The van der Waals surface area contributed by atoms with Crippen molar-refractivity contribution in [3.63, 3.8) is 0 Å². The Hall–Kier alpha value is -2.70. The number of rotatable bonds is 3. The van der Waals surface area contributed by atoms with Crippen LogP contribution < -0.4 is 0 Å². The minimum Gasteiger partial charge on any atom is -0.481 e. The van der Waals surface area contributed by atoms with Gasteiger partial charge in [-0.2, -0.15) is 0 Å². The van der Waals surface area contributed by atoms with E-state index in [1.165, 1.54) is 11.0 Å². The summed E-state index contributed by atoms with van der Waals surface area (Å²) in [4.78, 5) is 53.2. The van der Waals surface area contributed by atoms with E-state index in [1.54, 1.807) is 24.0 Å². The number of hydrogen-bond acceptors (Lipinski definition) is 4. The topological polar surface area (TPSA) is 95.0 Å². The fraction of sp³-hybridized carbons (Fsp3) is 0.545. The number of carbonyl (C=O) groups is 4. The molecule has 2 aliphatic heterocycles. The summed E-state index contributed by atoms with van der Waals surface area (Å²) in [5.74, 6) is -1.79. The van der Waals surface area contributed by atoms with Gasteiger partial charge in [0.15, 0.2) is 0 Å². The van der Waals surface area contributed by atoms with E-state index in [-0.39, 0.29) is 35.9 Å². The van der Waals surface area contributed by atoms with E-state index >= 15 is 0 Å². The van der Waals surface area contributed by atoms with E-state index < -0.39 is 11.4 Å². The fourth-order valence-corrected chi connectivity index (χ4v) is 4.83. The van der Waals surface area contributed by atoms with Crippen molar-refractivity contribution in [1.29, 1.82) is 0 Å². The minimum absolute atomic E-state index is 0.0614. The first-order valence-corrected chi connectivity index (χ1v) is 10.4. The van der Waals surface area contributed by atoms with Crippen LogP contribution in [0.15, 0.2) is 18.2 Å². The van der Waals surface area contributed by atoms with Crippen LogP contribution in [0.4, 0.5) is 0 Å². The number of likely N-dealkylation sites (tertiary alicyclic amines) is 1. The van der Waals surface area contributed by atoms with Gasteiger partial charge >= 0.3 is 5.97 Å². The number of hydrogen-bond donors (Lipinski definition) is 1. The highest BCUT2D eigenvalue weighted by molar-refractivity contribution is 6.22. The smallest absolute Gasteiger partial charge is 0.311 e. The number of nitrogens with zero attached hydrogens (tertiary/aromatic N) is 2. The summed E-state index contributed by atoms with van der Waals surface area (Å²) in [6, 6.07) is 4.58. The number of benzene rings is 1. The molecule has 154 valence electrons. The second-order valence-corrected chi connectivity index (χ2v) is 8.73. The van der Waals surface area contributed by atoms with Gasteiger partial charge in [0.25, 0.3) is 17.7 Å². The molecule has 3 aliphatic rings. The van der Waals surface area contributed by atoms with Crippen LogP contribution in [-0.4, -0.2) is 57.7 Å². The molecular weight excluding hydrogens is 372 g/mol. The van der Waals surface area contributed by atoms with Gasteiger partial charge < -0.3 is 10.0 Å². The lowest BCUT2D eigenvalue weighted by Crippen LogP contribution is -2.48. The molecule has 0 spiro atoms. The number of carbonyl (C=O) groups excluding carboxylic acids is 3. The van der Waals surface area contributed by atoms with Crippen molar-refractivity contribution >= 4 is 23.7 Å². The van der Waals surface area contributed by atoms with Crippen LogP contribution in [0.2, 0.25) is 0 Å². The highest BCUT2D eigenvalue weighted by Gasteiger charge is 2.42. The average Bonchev–Trinajstić information content (AvgIpc) is 2.98. The standard InChI is InChI=1S/C22H26N2O5/c1-22(21(28)29)10-5-11-23(13-22)18(25)14-8-9-16-17(12-14)20(27)24(19(16)26)15-6-3-2-4-7-15/h8-9,12,15H,2-7,10-11,13H2,1H3,(H,28,29). The van der Waals surface area contributed by atoms with Crippen molar-refractivity contribution in [2.45, 2.75) is 57.9 Å². The summed E-state index contributed by atoms with van der Waals surface area (Å²) in [6.07, 6.45) is 5.96. The van der Waals surface area contributed by atoms with E-state index in [9.17, 15) is 24.3 Å². The summed E-state index contributed by atoms with van der Waals surface area (Å²) < 4.78 is 0. The summed E-state index contributed by atoms with van der Waals surface area (Å²) in [6.45, 7) is 2.28. The number of piperidine rings is 1. The highest BCUT2D eigenvalue weighted by atomic mass is 16.4. The summed E-state index contributed by atoms with van der Waals surface area (Å²) >= 11 is 0. The van der Waals surface area contributed by atoms with E-state index in [1.807, 2.05) is 0 Å². The molecule has 1 saturated carbocycles. The molecule has 29 heavy (non-hydrogen) atoms. The molecule has 0 bridgehead atoms. The van der Waals surface area contributed by atoms with Crippen molar-refractivity contribution in [3.05, 3.63) is 34.9 Å². The molecule has 1 unspecified atom stereocenters. The van der Waals surface area contributed by atoms with Gasteiger partial charge in [0.05, 0.1) is 16.5 Å².